The van der Waals surface area contributed by atoms with Crippen LogP contribution in [0.15, 0.2) is 93.5 Å². The van der Waals surface area contributed by atoms with E-state index < -0.39 is 17.8 Å². The summed E-state index contributed by atoms with van der Waals surface area (Å²) in [7, 11) is 1.47. The van der Waals surface area contributed by atoms with Crippen molar-refractivity contribution in [2.45, 2.75) is 38.0 Å². The molecule has 5 rings (SSSR count). The molecule has 1 aliphatic carbocycles. The van der Waals surface area contributed by atoms with Gasteiger partial charge in [0.05, 0.1) is 18.2 Å². The number of aromatic hydroxyl groups is 1. The van der Waals surface area contributed by atoms with Gasteiger partial charge in [-0.3, -0.25) is 14.6 Å². The molecule has 3 aromatic rings. The summed E-state index contributed by atoms with van der Waals surface area (Å²) in [5, 5.41) is 10.5. The molecule has 3 atom stereocenters. The number of carbonyl (C=O) groups excluding carboxylic acids is 2. The van der Waals surface area contributed by atoms with E-state index in [0.717, 1.165) is 11.1 Å². The van der Waals surface area contributed by atoms with Gasteiger partial charge in [-0.15, -0.1) is 0 Å². The van der Waals surface area contributed by atoms with E-state index in [1.165, 1.54) is 7.11 Å². The first-order valence-electron chi connectivity index (χ1n) is 13.0. The molecule has 200 valence electrons. The van der Waals surface area contributed by atoms with Crippen molar-refractivity contribution < 1.29 is 24.2 Å². The zero-order chi connectivity index (χ0) is 27.5. The topological polar surface area (TPSA) is 85.2 Å². The number of phenolic OH excluding ortho intramolecular Hbond substituents is 1. The standard InChI is InChI=1S/C32H30BrNO5/c1-19-28(32(37)39-14-13-20-9-5-3-6-10-20)29(23-15-24(33)31(36)27(18-23)38-2)30-25(34-19)16-22(17-26(30)35)21-11-7-4-8-12-21/h3-12,15,18,22,28-29,36H,13-14,16-17H2,1-2H3/t22-,28?,29+/m1/s1. The monoisotopic (exact) mass is 587 g/mol. The molecule has 39 heavy (non-hydrogen) atoms. The Hall–Kier alpha value is -3.71. The van der Waals surface area contributed by atoms with Crippen LogP contribution in [0.4, 0.5) is 0 Å². The van der Waals surface area contributed by atoms with E-state index in [1.807, 2.05) is 67.6 Å². The van der Waals surface area contributed by atoms with Gasteiger partial charge in [0.25, 0.3) is 0 Å². The third-order valence-corrected chi connectivity index (χ3v) is 8.13. The predicted octanol–water partition coefficient (Wildman–Crippen LogP) is 6.52. The van der Waals surface area contributed by atoms with Gasteiger partial charge in [0, 0.05) is 35.7 Å². The molecule has 1 N–H and O–H groups in total. The summed E-state index contributed by atoms with van der Waals surface area (Å²) in [6.07, 6.45) is 1.52. The van der Waals surface area contributed by atoms with Gasteiger partial charge < -0.3 is 14.6 Å². The van der Waals surface area contributed by atoms with Gasteiger partial charge in [-0.2, -0.15) is 0 Å². The zero-order valence-electron chi connectivity index (χ0n) is 21.9. The molecule has 0 radical (unpaired) electrons. The lowest BCUT2D eigenvalue weighted by Gasteiger charge is -2.36. The molecule has 7 heteroatoms. The quantitative estimate of drug-likeness (QED) is 0.318. The number of hydrogen-bond donors (Lipinski definition) is 1. The van der Waals surface area contributed by atoms with Crippen molar-refractivity contribution in [1.82, 2.24) is 0 Å². The number of hydrogen-bond acceptors (Lipinski definition) is 6. The molecule has 1 aliphatic heterocycles. The number of carbonyl (C=O) groups is 2. The van der Waals surface area contributed by atoms with Crippen molar-refractivity contribution in [3.63, 3.8) is 0 Å². The molecule has 2 aliphatic rings. The third-order valence-electron chi connectivity index (χ3n) is 7.52. The lowest BCUT2D eigenvalue weighted by atomic mass is 9.69. The highest BCUT2D eigenvalue weighted by Gasteiger charge is 2.45. The number of Topliss-reactive ketones (excluding diaryl/α,β-unsaturated/α-hetero) is 1. The molecule has 1 unspecified atom stereocenters. The number of halogens is 1. The first-order valence-corrected chi connectivity index (χ1v) is 13.8. The summed E-state index contributed by atoms with van der Waals surface area (Å²) >= 11 is 3.41. The van der Waals surface area contributed by atoms with Gasteiger partial charge in [0.1, 0.15) is 5.92 Å². The maximum absolute atomic E-state index is 13.8. The lowest BCUT2D eigenvalue weighted by Crippen LogP contribution is -2.38. The van der Waals surface area contributed by atoms with Crippen LogP contribution in [0.1, 0.15) is 48.3 Å². The predicted molar refractivity (Wildman–Crippen MR) is 153 cm³/mol. The Morgan fingerprint density at radius 1 is 1.03 bits per heavy atom. The van der Waals surface area contributed by atoms with Crippen LogP contribution in [0.3, 0.4) is 0 Å². The largest absolute Gasteiger partial charge is 0.503 e. The summed E-state index contributed by atoms with van der Waals surface area (Å²) in [6, 6.07) is 23.2. The average Bonchev–Trinajstić information content (AvgIpc) is 2.94. The molecular weight excluding hydrogens is 558 g/mol. The van der Waals surface area contributed by atoms with Gasteiger partial charge in [-0.05, 0) is 64.0 Å². The second kappa shape index (κ2) is 11.6. The number of ketones is 1. The summed E-state index contributed by atoms with van der Waals surface area (Å²) in [5.41, 5.74) is 4.69. The van der Waals surface area contributed by atoms with Crippen LogP contribution in [0.5, 0.6) is 11.5 Å². The number of allylic oxidation sites excluding steroid dienone is 2. The Labute approximate surface area is 236 Å². The first kappa shape index (κ1) is 26.9. The molecule has 0 saturated heterocycles. The van der Waals surface area contributed by atoms with E-state index in [-0.39, 0.29) is 29.8 Å². The fourth-order valence-electron chi connectivity index (χ4n) is 5.62. The van der Waals surface area contributed by atoms with Crippen molar-refractivity contribution in [3.05, 3.63) is 105 Å². The minimum Gasteiger partial charge on any atom is -0.503 e. The van der Waals surface area contributed by atoms with Crippen LogP contribution in [0.25, 0.3) is 0 Å². The van der Waals surface area contributed by atoms with Crippen molar-refractivity contribution in [2.75, 3.05) is 13.7 Å². The first-order chi connectivity index (χ1) is 18.9. The highest BCUT2D eigenvalue weighted by Crippen LogP contribution is 2.49. The van der Waals surface area contributed by atoms with Crippen molar-refractivity contribution in [2.24, 2.45) is 10.9 Å². The molecule has 0 aromatic heterocycles. The van der Waals surface area contributed by atoms with E-state index in [1.54, 1.807) is 12.1 Å². The van der Waals surface area contributed by atoms with Gasteiger partial charge in [-0.25, -0.2) is 0 Å². The molecule has 6 nitrogen and oxygen atoms in total. The molecule has 0 saturated carbocycles. The maximum atomic E-state index is 13.8. The molecule has 0 bridgehead atoms. The van der Waals surface area contributed by atoms with Crippen LogP contribution in [0, 0.1) is 5.92 Å². The number of esters is 1. The lowest BCUT2D eigenvalue weighted by molar-refractivity contribution is -0.146. The minimum atomic E-state index is -0.780. The molecule has 0 fully saturated rings. The number of methoxy groups -OCH3 is 1. The van der Waals surface area contributed by atoms with E-state index in [9.17, 15) is 14.7 Å². The molecule has 3 aromatic carbocycles. The van der Waals surface area contributed by atoms with Crippen molar-refractivity contribution >= 4 is 33.4 Å². The SMILES string of the molecule is COc1cc([C@@H]2C3=C(C[C@@H](c4ccccc4)CC3=O)N=C(C)C2C(=O)OCCc2ccccc2)cc(Br)c1O. The number of phenols is 1. The Morgan fingerprint density at radius 3 is 2.41 bits per heavy atom. The molecule has 1 heterocycles. The van der Waals surface area contributed by atoms with Crippen molar-refractivity contribution in [3.8, 4) is 11.5 Å². The van der Waals surface area contributed by atoms with Crippen LogP contribution < -0.4 is 4.74 Å². The number of aliphatic imine (C=N–C) groups is 1. The average molecular weight is 588 g/mol. The molecular formula is C32H30BrNO5. The van der Waals surface area contributed by atoms with Crippen LogP contribution in [0.2, 0.25) is 0 Å². The van der Waals surface area contributed by atoms with Crippen LogP contribution in [-0.2, 0) is 20.7 Å². The Bertz CT molecular complexity index is 1450. The van der Waals surface area contributed by atoms with Gasteiger partial charge in [0.15, 0.2) is 17.3 Å². The summed E-state index contributed by atoms with van der Waals surface area (Å²) in [6.45, 7) is 2.04. The number of nitrogens with zero attached hydrogens (tertiary/aromatic N) is 1. The minimum absolute atomic E-state index is 0.0186. The number of rotatable bonds is 7. The normalized spacial score (nSPS) is 20.7. The maximum Gasteiger partial charge on any atom is 0.315 e. The van der Waals surface area contributed by atoms with E-state index in [2.05, 4.69) is 15.9 Å². The van der Waals surface area contributed by atoms with Gasteiger partial charge in [0.2, 0.25) is 0 Å². The summed E-state index contributed by atoms with van der Waals surface area (Å²) < 4.78 is 11.6. The Balaban J connectivity index is 1.52. The number of ether oxygens (including phenoxy) is 2. The van der Waals surface area contributed by atoms with Gasteiger partial charge in [-0.1, -0.05) is 60.7 Å². The Kier molecular flexibility index (Phi) is 7.98. The fourth-order valence-corrected chi connectivity index (χ4v) is 6.08. The summed E-state index contributed by atoms with van der Waals surface area (Å²) in [5.74, 6) is -1.62. The third kappa shape index (κ3) is 5.55. The zero-order valence-corrected chi connectivity index (χ0v) is 23.5. The smallest absolute Gasteiger partial charge is 0.315 e. The Morgan fingerprint density at radius 2 is 1.72 bits per heavy atom. The second-order valence-electron chi connectivity index (χ2n) is 9.96. The highest BCUT2D eigenvalue weighted by atomic mass is 79.9. The second-order valence-corrected chi connectivity index (χ2v) is 10.8. The fraction of sp³-hybridized carbons (Fsp3) is 0.281. The molecule has 0 amide bonds. The van der Waals surface area contributed by atoms with Crippen LogP contribution in [-0.4, -0.2) is 36.3 Å². The highest BCUT2D eigenvalue weighted by molar-refractivity contribution is 9.10. The van der Waals surface area contributed by atoms with E-state index >= 15 is 0 Å². The van der Waals surface area contributed by atoms with E-state index in [0.29, 0.717) is 46.3 Å². The number of benzene rings is 3. The van der Waals surface area contributed by atoms with Crippen LogP contribution >= 0.6 is 15.9 Å². The summed E-state index contributed by atoms with van der Waals surface area (Å²) in [4.78, 5) is 32.3. The molecule has 0 spiro atoms. The van der Waals surface area contributed by atoms with E-state index in [4.69, 9.17) is 14.5 Å². The van der Waals surface area contributed by atoms with Crippen molar-refractivity contribution in [1.29, 1.82) is 0 Å². The van der Waals surface area contributed by atoms with Gasteiger partial charge >= 0.3 is 5.97 Å².